The molecule has 1 aromatic carbocycles. The number of aromatic hydroxyl groups is 1. The number of thiocarbonyl (C=S) groups is 1. The molecule has 28 heavy (non-hydrogen) atoms. The summed E-state index contributed by atoms with van der Waals surface area (Å²) in [5.41, 5.74) is 0.339. The van der Waals surface area contributed by atoms with Crippen LogP contribution in [0.3, 0.4) is 0 Å². The summed E-state index contributed by atoms with van der Waals surface area (Å²) in [6, 6.07) is 5.91. The van der Waals surface area contributed by atoms with E-state index in [2.05, 4.69) is 15.6 Å². The second-order valence-electron chi connectivity index (χ2n) is 7.21. The highest BCUT2D eigenvalue weighted by Crippen LogP contribution is 2.30. The zero-order valence-corrected chi connectivity index (χ0v) is 17.1. The van der Waals surface area contributed by atoms with Crippen LogP contribution < -0.4 is 10.6 Å². The van der Waals surface area contributed by atoms with Crippen molar-refractivity contribution in [1.82, 2.24) is 10.6 Å². The molecule has 1 aromatic rings. The number of nitrogens with zero attached hydrogens (tertiary/aromatic N) is 1. The van der Waals surface area contributed by atoms with Gasteiger partial charge < -0.3 is 25.2 Å². The fourth-order valence-electron chi connectivity index (χ4n) is 2.77. The van der Waals surface area contributed by atoms with Gasteiger partial charge in [0, 0.05) is 0 Å². The molecule has 0 saturated carbocycles. The van der Waals surface area contributed by atoms with Gasteiger partial charge in [-0.3, -0.25) is 4.79 Å². The summed E-state index contributed by atoms with van der Waals surface area (Å²) in [5.74, 6) is -1.28. The van der Waals surface area contributed by atoms with Crippen molar-refractivity contribution in [3.63, 3.8) is 0 Å². The van der Waals surface area contributed by atoms with Crippen LogP contribution in [0.5, 0.6) is 5.75 Å². The lowest BCUT2D eigenvalue weighted by atomic mass is 9.87. The van der Waals surface area contributed by atoms with Gasteiger partial charge in [-0.2, -0.15) is 0 Å². The zero-order valence-electron chi connectivity index (χ0n) is 16.3. The average molecular weight is 407 g/mol. The fourth-order valence-corrected chi connectivity index (χ4v) is 3.01. The number of alkyl carbamates (subject to hydrolysis) is 1. The van der Waals surface area contributed by atoms with Crippen LogP contribution in [0, 0.1) is 5.92 Å². The molecule has 9 heteroatoms. The number of esters is 1. The number of carbonyl (C=O) groups is 2. The van der Waals surface area contributed by atoms with Gasteiger partial charge in [0.1, 0.15) is 17.3 Å². The number of carbonyl (C=O) groups excluding carboxylic acids is 2. The fraction of sp³-hybridized carbons (Fsp3) is 0.474. The number of nitrogens with one attached hydrogen (secondary N) is 2. The highest BCUT2D eigenvalue weighted by Gasteiger charge is 2.39. The topological polar surface area (TPSA) is 109 Å². The van der Waals surface area contributed by atoms with E-state index in [9.17, 15) is 14.7 Å². The Hall–Kier alpha value is -2.68. The first-order chi connectivity index (χ1) is 13.1. The van der Waals surface area contributed by atoms with Gasteiger partial charge in [-0.25, -0.2) is 9.79 Å². The zero-order chi connectivity index (χ0) is 20.9. The van der Waals surface area contributed by atoms with E-state index in [4.69, 9.17) is 21.7 Å². The monoisotopic (exact) mass is 407 g/mol. The summed E-state index contributed by atoms with van der Waals surface area (Å²) in [6.45, 7) is 7.13. The number of amides is 1. The maximum absolute atomic E-state index is 12.7. The van der Waals surface area contributed by atoms with E-state index >= 15 is 0 Å². The third kappa shape index (κ3) is 5.91. The Kier molecular flexibility index (Phi) is 6.95. The molecule has 0 radical (unpaired) electrons. The lowest BCUT2D eigenvalue weighted by Gasteiger charge is -2.32. The number of hydrogen-bond acceptors (Lipinski definition) is 6. The molecule has 3 N–H and O–H groups in total. The van der Waals surface area contributed by atoms with Crippen LogP contribution in [0.1, 0.15) is 39.3 Å². The Morgan fingerprint density at radius 1 is 1.36 bits per heavy atom. The van der Waals surface area contributed by atoms with Crippen LogP contribution in [-0.2, 0) is 14.3 Å². The number of aliphatic imine (C=N–C) groups is 1. The minimum atomic E-state index is -0.830. The van der Waals surface area contributed by atoms with Gasteiger partial charge in [0.2, 0.25) is 0 Å². The molecule has 0 saturated heterocycles. The van der Waals surface area contributed by atoms with Gasteiger partial charge in [-0.05, 0) is 57.6 Å². The number of phenolic OH excluding ortho intramolecular Hbond substituents is 1. The highest BCUT2D eigenvalue weighted by molar-refractivity contribution is 7.80. The van der Waals surface area contributed by atoms with Crippen molar-refractivity contribution in [2.75, 3.05) is 13.2 Å². The number of hydrogen-bond donors (Lipinski definition) is 3. The maximum atomic E-state index is 12.7. The Morgan fingerprint density at radius 2 is 2.07 bits per heavy atom. The number of benzene rings is 1. The maximum Gasteiger partial charge on any atom is 0.407 e. The van der Waals surface area contributed by atoms with Crippen LogP contribution >= 0.6 is 12.2 Å². The molecule has 0 aromatic heterocycles. The Bertz CT molecular complexity index is 788. The highest BCUT2D eigenvalue weighted by atomic mass is 32.1. The molecule has 0 bridgehead atoms. The van der Waals surface area contributed by atoms with Crippen molar-refractivity contribution in [1.29, 1.82) is 0 Å². The minimum absolute atomic E-state index is 0.0322. The molecule has 2 unspecified atom stereocenters. The molecular formula is C19H25N3O5S. The van der Waals surface area contributed by atoms with Crippen molar-refractivity contribution >= 4 is 35.1 Å². The average Bonchev–Trinajstić information content (AvgIpc) is 2.58. The molecular weight excluding hydrogens is 382 g/mol. The van der Waals surface area contributed by atoms with Gasteiger partial charge in [0.15, 0.2) is 5.11 Å². The molecule has 1 amide bonds. The molecule has 0 fully saturated rings. The predicted octanol–water partition coefficient (Wildman–Crippen LogP) is 2.47. The van der Waals surface area contributed by atoms with Gasteiger partial charge >= 0.3 is 12.1 Å². The second kappa shape index (κ2) is 9.01. The number of phenols is 1. The van der Waals surface area contributed by atoms with Gasteiger partial charge in [0.05, 0.1) is 24.9 Å². The van der Waals surface area contributed by atoms with Gasteiger partial charge in [0.25, 0.3) is 0 Å². The molecule has 152 valence electrons. The molecule has 2 rings (SSSR count). The first kappa shape index (κ1) is 21.6. The quantitative estimate of drug-likeness (QED) is 0.508. The summed E-state index contributed by atoms with van der Waals surface area (Å²) in [5, 5.41) is 15.6. The third-order valence-corrected chi connectivity index (χ3v) is 4.01. The van der Waals surface area contributed by atoms with Crippen molar-refractivity contribution in [2.24, 2.45) is 10.9 Å². The Morgan fingerprint density at radius 3 is 2.68 bits per heavy atom. The van der Waals surface area contributed by atoms with Crippen LogP contribution in [0.4, 0.5) is 4.79 Å². The number of ether oxygens (including phenoxy) is 2. The van der Waals surface area contributed by atoms with Crippen molar-refractivity contribution < 1.29 is 24.2 Å². The van der Waals surface area contributed by atoms with E-state index in [-0.39, 0.29) is 24.0 Å². The van der Waals surface area contributed by atoms with Crippen LogP contribution in [0.2, 0.25) is 0 Å². The van der Waals surface area contributed by atoms with Crippen molar-refractivity contribution in [3.05, 3.63) is 29.8 Å². The first-order valence-corrected chi connectivity index (χ1v) is 9.32. The summed E-state index contributed by atoms with van der Waals surface area (Å²) in [7, 11) is 0. The summed E-state index contributed by atoms with van der Waals surface area (Å²) < 4.78 is 10.4. The Labute approximate surface area is 169 Å². The molecule has 0 aliphatic carbocycles. The van der Waals surface area contributed by atoms with E-state index in [0.29, 0.717) is 11.3 Å². The van der Waals surface area contributed by atoms with E-state index in [1.54, 1.807) is 39.8 Å². The molecule has 8 nitrogen and oxygen atoms in total. The SMILES string of the molecule is CCOC(=O)C1C(CNC(=O)OC(C)(C)C)=NC(=S)NC1c1cccc(O)c1. The lowest BCUT2D eigenvalue weighted by Crippen LogP contribution is -2.49. The summed E-state index contributed by atoms with van der Waals surface area (Å²) >= 11 is 5.21. The summed E-state index contributed by atoms with van der Waals surface area (Å²) in [6.07, 6.45) is -0.629. The van der Waals surface area contributed by atoms with Gasteiger partial charge in [-0.1, -0.05) is 12.1 Å². The standard InChI is InChI=1S/C19H25N3O5S/c1-5-26-16(24)14-13(10-20-18(25)27-19(2,3)4)21-17(28)22-15(14)11-7-6-8-12(23)9-11/h6-9,14-15,23H,5,10H2,1-4H3,(H,20,25)(H,22,28). The van der Waals surface area contributed by atoms with Gasteiger partial charge in [-0.15, -0.1) is 0 Å². The van der Waals surface area contributed by atoms with Crippen LogP contribution in [0.25, 0.3) is 0 Å². The summed E-state index contributed by atoms with van der Waals surface area (Å²) in [4.78, 5) is 28.9. The van der Waals surface area contributed by atoms with E-state index in [0.717, 1.165) is 0 Å². The second-order valence-corrected chi connectivity index (χ2v) is 7.60. The molecule has 1 heterocycles. The number of rotatable bonds is 5. The third-order valence-electron chi connectivity index (χ3n) is 3.80. The lowest BCUT2D eigenvalue weighted by molar-refractivity contribution is -0.146. The van der Waals surface area contributed by atoms with E-state index in [1.807, 2.05) is 0 Å². The minimum Gasteiger partial charge on any atom is -0.508 e. The molecule has 0 spiro atoms. The largest absolute Gasteiger partial charge is 0.508 e. The van der Waals surface area contributed by atoms with Crippen LogP contribution in [-0.4, -0.2) is 46.7 Å². The van der Waals surface area contributed by atoms with Crippen molar-refractivity contribution in [3.8, 4) is 5.75 Å². The van der Waals surface area contributed by atoms with Crippen LogP contribution in [0.15, 0.2) is 29.3 Å². The van der Waals surface area contributed by atoms with E-state index in [1.165, 1.54) is 12.1 Å². The van der Waals surface area contributed by atoms with E-state index < -0.39 is 29.6 Å². The van der Waals surface area contributed by atoms with Crippen molar-refractivity contribution in [2.45, 2.75) is 39.3 Å². The first-order valence-electron chi connectivity index (χ1n) is 8.91. The predicted molar refractivity (Wildman–Crippen MR) is 108 cm³/mol. The molecule has 1 aliphatic rings. The molecule has 2 atom stereocenters. The normalized spacial score (nSPS) is 19.3. The molecule has 1 aliphatic heterocycles. The smallest absolute Gasteiger partial charge is 0.407 e. The Balaban J connectivity index is 2.29.